The lowest BCUT2D eigenvalue weighted by atomic mass is 9.97. The van der Waals surface area contributed by atoms with E-state index in [0.29, 0.717) is 5.92 Å². The average Bonchev–Trinajstić information content (AvgIpc) is 1.98. The summed E-state index contributed by atoms with van der Waals surface area (Å²) in [5.74, 6) is -0.273. The zero-order chi connectivity index (χ0) is 10.5. The van der Waals surface area contributed by atoms with Crippen molar-refractivity contribution in [3.05, 3.63) is 0 Å². The summed E-state index contributed by atoms with van der Waals surface area (Å²) >= 11 is 0. The third-order valence-electron chi connectivity index (χ3n) is 1.91. The normalized spacial score (nSPS) is 12.1. The summed E-state index contributed by atoms with van der Waals surface area (Å²) in [4.78, 5) is 10.3. The smallest absolute Gasteiger partial charge is 0.329 e. The van der Waals surface area contributed by atoms with E-state index in [1.54, 1.807) is 0 Å². The number of hydrogen-bond donors (Lipinski definition) is 1. The Morgan fingerprint density at radius 1 is 1.46 bits per heavy atom. The van der Waals surface area contributed by atoms with Gasteiger partial charge >= 0.3 is 5.97 Å². The summed E-state index contributed by atoms with van der Waals surface area (Å²) in [5.41, 5.74) is -0.317. The van der Waals surface area contributed by atoms with E-state index in [1.165, 1.54) is 0 Å². The molecular weight excluding hydrogens is 168 g/mol. The molecule has 0 spiro atoms. The SMILES string of the molecule is CC(C)CCC(C)(C)OCC(=O)O. The summed E-state index contributed by atoms with van der Waals surface area (Å²) in [6.07, 6.45) is 1.96. The molecule has 0 aliphatic heterocycles. The summed E-state index contributed by atoms with van der Waals surface area (Å²) in [6.45, 7) is 7.95. The van der Waals surface area contributed by atoms with Gasteiger partial charge in [0, 0.05) is 0 Å². The van der Waals surface area contributed by atoms with Crippen molar-refractivity contribution in [3.8, 4) is 0 Å². The number of carboxylic acids is 1. The lowest BCUT2D eigenvalue weighted by Crippen LogP contribution is -2.27. The predicted molar refractivity (Wildman–Crippen MR) is 51.7 cm³/mol. The second-order valence-electron chi connectivity index (χ2n) is 4.37. The van der Waals surface area contributed by atoms with E-state index in [-0.39, 0.29) is 12.2 Å². The summed E-state index contributed by atoms with van der Waals surface area (Å²) in [6, 6.07) is 0. The highest BCUT2D eigenvalue weighted by atomic mass is 16.5. The van der Waals surface area contributed by atoms with Crippen molar-refractivity contribution in [2.45, 2.75) is 46.1 Å². The van der Waals surface area contributed by atoms with Crippen LogP contribution in [0.2, 0.25) is 0 Å². The number of carboxylic acid groups (broad SMARTS) is 1. The Kier molecular flexibility index (Phi) is 4.99. The number of ether oxygens (including phenoxy) is 1. The first-order valence-corrected chi connectivity index (χ1v) is 4.69. The summed E-state index contributed by atoms with van der Waals surface area (Å²) in [7, 11) is 0. The molecule has 0 radical (unpaired) electrons. The minimum atomic E-state index is -0.905. The molecule has 0 saturated carbocycles. The molecule has 0 rings (SSSR count). The molecule has 0 saturated heterocycles. The van der Waals surface area contributed by atoms with Gasteiger partial charge in [0.15, 0.2) is 0 Å². The van der Waals surface area contributed by atoms with Gasteiger partial charge in [-0.25, -0.2) is 4.79 Å². The maximum atomic E-state index is 10.3. The molecule has 0 fully saturated rings. The Balaban J connectivity index is 3.72. The van der Waals surface area contributed by atoms with E-state index in [0.717, 1.165) is 12.8 Å². The number of rotatable bonds is 6. The minimum absolute atomic E-state index is 0.203. The van der Waals surface area contributed by atoms with E-state index >= 15 is 0 Å². The molecule has 13 heavy (non-hydrogen) atoms. The third kappa shape index (κ3) is 7.78. The molecule has 0 amide bonds. The van der Waals surface area contributed by atoms with Gasteiger partial charge in [0.1, 0.15) is 6.61 Å². The van der Waals surface area contributed by atoms with Crippen LogP contribution in [0.3, 0.4) is 0 Å². The van der Waals surface area contributed by atoms with Crippen LogP contribution in [0.15, 0.2) is 0 Å². The van der Waals surface area contributed by atoms with Gasteiger partial charge in [-0.1, -0.05) is 13.8 Å². The van der Waals surface area contributed by atoms with Gasteiger partial charge in [0.25, 0.3) is 0 Å². The first kappa shape index (κ1) is 12.4. The van der Waals surface area contributed by atoms with Gasteiger partial charge in [-0.05, 0) is 32.6 Å². The molecule has 3 heteroatoms. The highest BCUT2D eigenvalue weighted by Crippen LogP contribution is 2.19. The quantitative estimate of drug-likeness (QED) is 0.695. The number of hydrogen-bond acceptors (Lipinski definition) is 2. The Bertz CT molecular complexity index is 162. The second-order valence-corrected chi connectivity index (χ2v) is 4.37. The fraction of sp³-hybridized carbons (Fsp3) is 0.900. The monoisotopic (exact) mass is 188 g/mol. The first-order valence-electron chi connectivity index (χ1n) is 4.69. The highest BCUT2D eigenvalue weighted by Gasteiger charge is 2.19. The predicted octanol–water partition coefficient (Wildman–Crippen LogP) is 2.30. The minimum Gasteiger partial charge on any atom is -0.480 e. The van der Waals surface area contributed by atoms with Gasteiger partial charge in [0.05, 0.1) is 5.60 Å². The maximum Gasteiger partial charge on any atom is 0.329 e. The molecule has 0 aromatic heterocycles. The van der Waals surface area contributed by atoms with Crippen molar-refractivity contribution in [2.24, 2.45) is 5.92 Å². The van der Waals surface area contributed by atoms with Crippen LogP contribution in [0.4, 0.5) is 0 Å². The van der Waals surface area contributed by atoms with Crippen molar-refractivity contribution >= 4 is 5.97 Å². The van der Waals surface area contributed by atoms with Gasteiger partial charge in [-0.3, -0.25) is 0 Å². The molecule has 0 heterocycles. The maximum absolute atomic E-state index is 10.3. The van der Waals surface area contributed by atoms with Crippen LogP contribution < -0.4 is 0 Å². The van der Waals surface area contributed by atoms with E-state index in [4.69, 9.17) is 9.84 Å². The molecule has 0 aliphatic carbocycles. The molecule has 1 N–H and O–H groups in total. The van der Waals surface area contributed by atoms with Gasteiger partial charge in [0.2, 0.25) is 0 Å². The standard InChI is InChI=1S/C10H20O3/c1-8(2)5-6-10(3,4)13-7-9(11)12/h8H,5-7H2,1-4H3,(H,11,12). The zero-order valence-electron chi connectivity index (χ0n) is 8.96. The zero-order valence-corrected chi connectivity index (χ0v) is 8.96. The van der Waals surface area contributed by atoms with Crippen LogP contribution in [0, 0.1) is 5.92 Å². The molecule has 0 aromatic rings. The Labute approximate surface area is 80.1 Å². The third-order valence-corrected chi connectivity index (χ3v) is 1.91. The number of aliphatic carboxylic acids is 1. The fourth-order valence-electron chi connectivity index (χ4n) is 0.966. The van der Waals surface area contributed by atoms with E-state index in [2.05, 4.69) is 13.8 Å². The average molecular weight is 188 g/mol. The van der Waals surface area contributed by atoms with Crippen LogP contribution in [-0.4, -0.2) is 23.3 Å². The van der Waals surface area contributed by atoms with E-state index in [1.807, 2.05) is 13.8 Å². The van der Waals surface area contributed by atoms with E-state index < -0.39 is 5.97 Å². The Morgan fingerprint density at radius 3 is 2.38 bits per heavy atom. The molecule has 0 atom stereocenters. The fourth-order valence-corrected chi connectivity index (χ4v) is 0.966. The van der Waals surface area contributed by atoms with Crippen LogP contribution in [0.1, 0.15) is 40.5 Å². The molecule has 3 nitrogen and oxygen atoms in total. The summed E-state index contributed by atoms with van der Waals surface area (Å²) in [5, 5.41) is 8.43. The van der Waals surface area contributed by atoms with Crippen molar-refractivity contribution in [1.82, 2.24) is 0 Å². The van der Waals surface area contributed by atoms with Crippen LogP contribution in [0.5, 0.6) is 0 Å². The first-order chi connectivity index (χ1) is 5.83. The second kappa shape index (κ2) is 5.22. The summed E-state index contributed by atoms with van der Waals surface area (Å²) < 4.78 is 5.24. The van der Waals surface area contributed by atoms with Crippen molar-refractivity contribution in [3.63, 3.8) is 0 Å². The molecular formula is C10H20O3. The molecule has 78 valence electrons. The van der Waals surface area contributed by atoms with Crippen molar-refractivity contribution < 1.29 is 14.6 Å². The van der Waals surface area contributed by atoms with Gasteiger partial charge < -0.3 is 9.84 Å². The van der Waals surface area contributed by atoms with Crippen molar-refractivity contribution in [2.75, 3.05) is 6.61 Å². The Morgan fingerprint density at radius 2 is 2.00 bits per heavy atom. The van der Waals surface area contributed by atoms with Crippen LogP contribution in [0.25, 0.3) is 0 Å². The molecule has 0 unspecified atom stereocenters. The lowest BCUT2D eigenvalue weighted by molar-refractivity contribution is -0.148. The molecule has 0 aliphatic rings. The largest absolute Gasteiger partial charge is 0.480 e. The Hall–Kier alpha value is -0.570. The van der Waals surface area contributed by atoms with Crippen LogP contribution in [-0.2, 0) is 9.53 Å². The lowest BCUT2D eigenvalue weighted by Gasteiger charge is -2.25. The highest BCUT2D eigenvalue weighted by molar-refractivity contribution is 5.68. The number of carbonyl (C=O) groups is 1. The van der Waals surface area contributed by atoms with Gasteiger partial charge in [-0.15, -0.1) is 0 Å². The van der Waals surface area contributed by atoms with Crippen molar-refractivity contribution in [1.29, 1.82) is 0 Å². The van der Waals surface area contributed by atoms with Crippen LogP contribution >= 0.6 is 0 Å². The van der Waals surface area contributed by atoms with E-state index in [9.17, 15) is 4.79 Å². The molecule has 0 aromatic carbocycles. The van der Waals surface area contributed by atoms with Gasteiger partial charge in [-0.2, -0.15) is 0 Å². The molecule has 0 bridgehead atoms. The topological polar surface area (TPSA) is 46.5 Å².